The number of hydrogen-bond acceptors (Lipinski definition) is 3. The van der Waals surface area contributed by atoms with Crippen molar-refractivity contribution in [2.24, 2.45) is 0 Å². The zero-order valence-corrected chi connectivity index (χ0v) is 12.5. The molecule has 0 unspecified atom stereocenters. The van der Waals surface area contributed by atoms with Gasteiger partial charge in [0.05, 0.1) is 21.7 Å². The highest BCUT2D eigenvalue weighted by Crippen LogP contribution is 2.38. The van der Waals surface area contributed by atoms with E-state index in [1.54, 1.807) is 6.26 Å². The smallest absolute Gasteiger partial charge is 0.321 e. The highest BCUT2D eigenvalue weighted by molar-refractivity contribution is 7.99. The fourth-order valence-corrected chi connectivity index (χ4v) is 3.14. The van der Waals surface area contributed by atoms with Crippen molar-refractivity contribution in [3.8, 4) is 0 Å². The summed E-state index contributed by atoms with van der Waals surface area (Å²) >= 11 is 6.79. The maximum atomic E-state index is 12.8. The zero-order valence-electron chi connectivity index (χ0n) is 10.9. The van der Waals surface area contributed by atoms with Crippen LogP contribution < -0.4 is 5.56 Å². The van der Waals surface area contributed by atoms with Crippen molar-refractivity contribution in [2.75, 3.05) is 6.26 Å². The predicted molar refractivity (Wildman–Crippen MR) is 76.4 cm³/mol. The molecule has 21 heavy (non-hydrogen) atoms. The molecule has 0 spiro atoms. The van der Waals surface area contributed by atoms with Crippen molar-refractivity contribution in [3.05, 3.63) is 38.6 Å². The van der Waals surface area contributed by atoms with Crippen LogP contribution in [-0.4, -0.2) is 17.0 Å². The van der Waals surface area contributed by atoms with Gasteiger partial charge in [0.25, 0.3) is 5.56 Å². The van der Waals surface area contributed by atoms with E-state index in [4.69, 9.17) is 11.6 Å². The Bertz CT molecular complexity index is 799. The average molecular weight is 336 g/mol. The van der Waals surface area contributed by atoms with E-state index in [1.165, 1.54) is 6.92 Å². The molecule has 1 aromatic carbocycles. The van der Waals surface area contributed by atoms with Crippen LogP contribution in [0.5, 0.6) is 0 Å². The molecule has 0 aliphatic heterocycles. The van der Waals surface area contributed by atoms with Crippen LogP contribution >= 0.6 is 23.4 Å². The maximum Gasteiger partial charge on any atom is 0.417 e. The average Bonchev–Trinajstić information content (AvgIpc) is 2.35. The fourth-order valence-electron chi connectivity index (χ4n) is 2.04. The van der Waals surface area contributed by atoms with E-state index >= 15 is 0 Å². The Kier molecular flexibility index (Phi) is 4.08. The lowest BCUT2D eigenvalue weighted by Gasteiger charge is -2.13. The summed E-state index contributed by atoms with van der Waals surface area (Å²) < 4.78 is 38.5. The third-order valence-electron chi connectivity index (χ3n) is 2.92. The van der Waals surface area contributed by atoms with Crippen LogP contribution in [0.15, 0.2) is 21.8 Å². The van der Waals surface area contributed by atoms with Gasteiger partial charge in [0.15, 0.2) is 5.78 Å². The number of rotatable bonds is 2. The molecule has 0 atom stereocenters. The lowest BCUT2D eigenvalue weighted by molar-refractivity contribution is -0.137. The summed E-state index contributed by atoms with van der Waals surface area (Å²) in [6, 6.07) is 1.90. The van der Waals surface area contributed by atoms with Gasteiger partial charge in [-0.2, -0.15) is 13.2 Å². The number of pyridine rings is 1. The van der Waals surface area contributed by atoms with Crippen LogP contribution in [0.2, 0.25) is 5.02 Å². The summed E-state index contributed by atoms with van der Waals surface area (Å²) in [7, 11) is 0. The molecule has 8 heteroatoms. The van der Waals surface area contributed by atoms with Crippen LogP contribution in [0.4, 0.5) is 13.2 Å². The fraction of sp³-hybridized carbons (Fsp3) is 0.231. The molecule has 0 fully saturated rings. The predicted octanol–water partition coefficient (Wildman–Crippen LogP) is 4.12. The highest BCUT2D eigenvalue weighted by atomic mass is 35.5. The van der Waals surface area contributed by atoms with E-state index in [-0.39, 0.29) is 11.1 Å². The molecule has 0 aliphatic rings. The number of Topliss-reactive ketones (excluding diaryl/α,β-unsaturated/α-hetero) is 1. The lowest BCUT2D eigenvalue weighted by Crippen LogP contribution is -2.18. The number of fused-ring (bicyclic) bond motifs is 1. The van der Waals surface area contributed by atoms with Gasteiger partial charge in [-0.1, -0.05) is 11.6 Å². The van der Waals surface area contributed by atoms with Gasteiger partial charge in [0, 0.05) is 10.3 Å². The van der Waals surface area contributed by atoms with Crippen molar-refractivity contribution >= 4 is 40.0 Å². The number of thioether (sulfide) groups is 1. The molecular weight excluding hydrogens is 327 g/mol. The number of aromatic amines is 1. The summed E-state index contributed by atoms with van der Waals surface area (Å²) in [5.41, 5.74) is -1.83. The molecule has 1 N–H and O–H groups in total. The van der Waals surface area contributed by atoms with Gasteiger partial charge < -0.3 is 4.98 Å². The molecule has 0 bridgehead atoms. The van der Waals surface area contributed by atoms with Gasteiger partial charge in [-0.15, -0.1) is 11.8 Å². The first-order valence-corrected chi connectivity index (χ1v) is 7.28. The first-order chi connectivity index (χ1) is 9.66. The molecule has 1 heterocycles. The molecule has 0 radical (unpaired) electrons. The summed E-state index contributed by atoms with van der Waals surface area (Å²) in [6.07, 6.45) is -2.99. The van der Waals surface area contributed by atoms with E-state index in [9.17, 15) is 22.8 Å². The van der Waals surface area contributed by atoms with Gasteiger partial charge in [0.1, 0.15) is 0 Å². The number of alkyl halides is 3. The second-order valence-electron chi connectivity index (χ2n) is 4.29. The molecule has 2 rings (SSSR count). The normalized spacial score (nSPS) is 11.9. The second-order valence-corrected chi connectivity index (χ2v) is 5.52. The first kappa shape index (κ1) is 15.9. The van der Waals surface area contributed by atoms with Gasteiger partial charge in [0.2, 0.25) is 0 Å². The van der Waals surface area contributed by atoms with E-state index in [2.05, 4.69) is 4.98 Å². The molecule has 1 aromatic heterocycles. The van der Waals surface area contributed by atoms with E-state index in [0.717, 1.165) is 23.9 Å². The molecule has 0 aliphatic carbocycles. The summed E-state index contributed by atoms with van der Waals surface area (Å²) in [5, 5.41) is -0.169. The van der Waals surface area contributed by atoms with E-state index < -0.39 is 28.1 Å². The molecule has 0 saturated carbocycles. The number of nitrogens with one attached hydrogen (secondary N) is 1. The lowest BCUT2D eigenvalue weighted by atomic mass is 10.1. The molecule has 0 saturated heterocycles. The number of carbonyl (C=O) groups is 1. The molecular formula is C13H9ClF3NO2S. The summed E-state index contributed by atoms with van der Waals surface area (Å²) in [5.74, 6) is -0.460. The highest BCUT2D eigenvalue weighted by Gasteiger charge is 2.34. The number of carbonyl (C=O) groups excluding carboxylic acids is 1. The van der Waals surface area contributed by atoms with E-state index in [0.29, 0.717) is 10.3 Å². The number of benzene rings is 1. The monoisotopic (exact) mass is 335 g/mol. The molecule has 112 valence electrons. The Labute approximate surface area is 126 Å². The number of halogens is 4. The summed E-state index contributed by atoms with van der Waals surface area (Å²) in [4.78, 5) is 26.1. The molecule has 3 nitrogen and oxygen atoms in total. The van der Waals surface area contributed by atoms with Crippen molar-refractivity contribution in [1.29, 1.82) is 0 Å². The number of aromatic nitrogens is 1. The SMILES string of the molecule is CSc1c(C(C)=O)c(=O)[nH]c2cc(C(F)(F)F)c(Cl)cc12. The van der Waals surface area contributed by atoms with Crippen molar-refractivity contribution in [1.82, 2.24) is 4.98 Å². The third-order valence-corrected chi connectivity index (χ3v) is 4.06. The Morgan fingerprint density at radius 3 is 2.43 bits per heavy atom. The third kappa shape index (κ3) is 2.80. The Hall–Kier alpha value is -1.47. The van der Waals surface area contributed by atoms with Crippen LogP contribution in [-0.2, 0) is 6.18 Å². The van der Waals surface area contributed by atoms with Gasteiger partial charge in [-0.05, 0) is 25.3 Å². The van der Waals surface area contributed by atoms with Crippen LogP contribution in [0.1, 0.15) is 22.8 Å². The maximum absolute atomic E-state index is 12.8. The van der Waals surface area contributed by atoms with Crippen molar-refractivity contribution in [3.63, 3.8) is 0 Å². The van der Waals surface area contributed by atoms with Gasteiger partial charge >= 0.3 is 6.18 Å². The standard InChI is InChI=1S/C13H9ClF3NO2S/c1-5(19)10-11(21-2)6-3-8(14)7(13(15,16)17)4-9(6)18-12(10)20/h3-4H,1-2H3,(H,18,20). The van der Waals surface area contributed by atoms with Gasteiger partial charge in [-0.25, -0.2) is 0 Å². The first-order valence-electron chi connectivity index (χ1n) is 5.68. The minimum Gasteiger partial charge on any atom is -0.321 e. The zero-order chi connectivity index (χ0) is 15.9. The van der Waals surface area contributed by atoms with Gasteiger partial charge in [-0.3, -0.25) is 9.59 Å². The van der Waals surface area contributed by atoms with Crippen LogP contribution in [0, 0.1) is 0 Å². The number of H-pyrrole nitrogens is 1. The van der Waals surface area contributed by atoms with Crippen molar-refractivity contribution < 1.29 is 18.0 Å². The van der Waals surface area contributed by atoms with Crippen molar-refractivity contribution in [2.45, 2.75) is 18.0 Å². The minimum absolute atomic E-state index is 0.00826. The topological polar surface area (TPSA) is 49.9 Å². The number of ketones is 1. The Balaban J connectivity index is 2.94. The molecule has 0 amide bonds. The Morgan fingerprint density at radius 2 is 1.95 bits per heavy atom. The van der Waals surface area contributed by atoms with E-state index in [1.807, 2.05) is 0 Å². The molecule has 2 aromatic rings. The minimum atomic E-state index is -4.62. The van der Waals surface area contributed by atoms with Crippen LogP contribution in [0.25, 0.3) is 10.9 Å². The van der Waals surface area contributed by atoms with Crippen LogP contribution in [0.3, 0.4) is 0 Å². The largest absolute Gasteiger partial charge is 0.417 e. The Morgan fingerprint density at radius 1 is 1.33 bits per heavy atom. The second kappa shape index (κ2) is 5.38. The number of hydrogen-bond donors (Lipinski definition) is 1. The summed E-state index contributed by atoms with van der Waals surface area (Å²) in [6.45, 7) is 1.22. The quantitative estimate of drug-likeness (QED) is 0.663.